The molecule has 1 aromatic heterocycles. The lowest BCUT2D eigenvalue weighted by Gasteiger charge is -2.24. The predicted molar refractivity (Wildman–Crippen MR) is 72.9 cm³/mol. The maximum atomic E-state index is 9.18. The standard InChI is InChI=1S/C16H10N4O/c17-8-12-13(9-18)20-15-14(19-12)10-4-1-2-5-11(10)16(15)6-3-7-21-16/h1-2,4-5H,3,6-7H2. The molecule has 2 aromatic rings. The van der Waals surface area contributed by atoms with E-state index in [1.165, 1.54) is 0 Å². The van der Waals surface area contributed by atoms with Crippen LogP contribution in [0.4, 0.5) is 0 Å². The average molecular weight is 274 g/mol. The largest absolute Gasteiger partial charge is 0.364 e. The van der Waals surface area contributed by atoms with Crippen molar-refractivity contribution in [2.75, 3.05) is 6.61 Å². The van der Waals surface area contributed by atoms with Crippen molar-refractivity contribution in [1.29, 1.82) is 10.5 Å². The topological polar surface area (TPSA) is 82.6 Å². The molecular formula is C16H10N4O. The molecule has 100 valence electrons. The molecule has 0 amide bonds. The van der Waals surface area contributed by atoms with E-state index in [9.17, 15) is 5.26 Å². The Labute approximate surface area is 121 Å². The third-order valence-corrected chi connectivity index (χ3v) is 4.13. The Bertz CT molecular complexity index is 838. The second-order valence-electron chi connectivity index (χ2n) is 5.17. The third-order valence-electron chi connectivity index (χ3n) is 4.13. The number of fused-ring (bicyclic) bond motifs is 5. The van der Waals surface area contributed by atoms with E-state index in [1.54, 1.807) is 0 Å². The first kappa shape index (κ1) is 12.0. The minimum atomic E-state index is -0.599. The Balaban J connectivity index is 2.09. The zero-order chi connectivity index (χ0) is 14.4. The second-order valence-corrected chi connectivity index (χ2v) is 5.17. The molecule has 1 fully saturated rings. The van der Waals surface area contributed by atoms with Crippen molar-refractivity contribution in [3.8, 4) is 23.4 Å². The first-order chi connectivity index (χ1) is 10.3. The summed E-state index contributed by atoms with van der Waals surface area (Å²) in [6.45, 7) is 0.664. The SMILES string of the molecule is N#Cc1nc2c(nc1C#N)C1(CCCO1)c1ccccc1-2. The van der Waals surface area contributed by atoms with Crippen LogP contribution in [-0.4, -0.2) is 16.6 Å². The van der Waals surface area contributed by atoms with Gasteiger partial charge in [-0.2, -0.15) is 10.5 Å². The maximum absolute atomic E-state index is 9.18. The van der Waals surface area contributed by atoms with Crippen molar-refractivity contribution in [2.24, 2.45) is 0 Å². The zero-order valence-electron chi connectivity index (χ0n) is 11.1. The van der Waals surface area contributed by atoms with E-state index in [0.717, 1.165) is 24.0 Å². The summed E-state index contributed by atoms with van der Waals surface area (Å²) in [5.41, 5.74) is 2.87. The van der Waals surface area contributed by atoms with Crippen LogP contribution < -0.4 is 0 Å². The number of aromatic nitrogens is 2. The highest BCUT2D eigenvalue weighted by molar-refractivity contribution is 5.76. The van der Waals surface area contributed by atoms with Gasteiger partial charge >= 0.3 is 0 Å². The second kappa shape index (κ2) is 4.12. The zero-order valence-corrected chi connectivity index (χ0v) is 11.1. The summed E-state index contributed by atoms with van der Waals surface area (Å²) < 4.78 is 6.03. The van der Waals surface area contributed by atoms with Crippen LogP contribution >= 0.6 is 0 Å². The van der Waals surface area contributed by atoms with Gasteiger partial charge in [-0.15, -0.1) is 0 Å². The Kier molecular flexibility index (Phi) is 2.35. The highest BCUT2D eigenvalue weighted by Crippen LogP contribution is 2.52. The van der Waals surface area contributed by atoms with Gasteiger partial charge in [0.15, 0.2) is 11.4 Å². The van der Waals surface area contributed by atoms with Gasteiger partial charge in [0.1, 0.15) is 23.4 Å². The van der Waals surface area contributed by atoms with Gasteiger partial charge in [-0.05, 0) is 18.4 Å². The van der Waals surface area contributed by atoms with Gasteiger partial charge in [-0.1, -0.05) is 24.3 Å². The first-order valence-corrected chi connectivity index (χ1v) is 6.77. The molecule has 1 atom stereocenters. The van der Waals surface area contributed by atoms with Crippen LogP contribution in [0.15, 0.2) is 24.3 Å². The van der Waals surface area contributed by atoms with E-state index in [-0.39, 0.29) is 11.4 Å². The van der Waals surface area contributed by atoms with Gasteiger partial charge in [0, 0.05) is 12.2 Å². The molecule has 1 aliphatic carbocycles. The lowest BCUT2D eigenvalue weighted by Crippen LogP contribution is -2.25. The predicted octanol–water partition coefficient (Wildman–Crippen LogP) is 2.25. The summed E-state index contributed by atoms with van der Waals surface area (Å²) in [4.78, 5) is 8.80. The fraction of sp³-hybridized carbons (Fsp3) is 0.250. The number of nitriles is 2. The molecule has 1 aromatic carbocycles. The number of rotatable bonds is 0. The molecule has 5 nitrogen and oxygen atoms in total. The van der Waals surface area contributed by atoms with Crippen LogP contribution in [0.3, 0.4) is 0 Å². The van der Waals surface area contributed by atoms with E-state index in [1.807, 2.05) is 36.4 Å². The van der Waals surface area contributed by atoms with Gasteiger partial charge in [0.05, 0.1) is 5.69 Å². The van der Waals surface area contributed by atoms with Crippen LogP contribution in [0.1, 0.15) is 35.5 Å². The Hall–Kier alpha value is -2.76. The number of hydrogen-bond acceptors (Lipinski definition) is 5. The van der Waals surface area contributed by atoms with Gasteiger partial charge in [-0.3, -0.25) is 0 Å². The summed E-state index contributed by atoms with van der Waals surface area (Å²) in [5, 5.41) is 18.3. The molecule has 1 spiro atoms. The summed E-state index contributed by atoms with van der Waals surface area (Å²) in [5.74, 6) is 0. The summed E-state index contributed by atoms with van der Waals surface area (Å²) in [7, 11) is 0. The van der Waals surface area contributed by atoms with Gasteiger partial charge in [-0.25, -0.2) is 9.97 Å². The van der Waals surface area contributed by atoms with Crippen molar-refractivity contribution in [3.05, 3.63) is 46.9 Å². The lowest BCUT2D eigenvalue weighted by molar-refractivity contribution is 0.0362. The molecule has 1 saturated heterocycles. The Morgan fingerprint density at radius 2 is 1.86 bits per heavy atom. The van der Waals surface area contributed by atoms with Crippen molar-refractivity contribution >= 4 is 0 Å². The van der Waals surface area contributed by atoms with Crippen LogP contribution in [0, 0.1) is 22.7 Å². The molecule has 0 N–H and O–H groups in total. The third kappa shape index (κ3) is 1.41. The van der Waals surface area contributed by atoms with Gasteiger partial charge in [0.2, 0.25) is 0 Å². The maximum Gasteiger partial charge on any atom is 0.177 e. The molecule has 2 heterocycles. The lowest BCUT2D eigenvalue weighted by atomic mass is 9.91. The van der Waals surface area contributed by atoms with Gasteiger partial charge < -0.3 is 4.74 Å². The molecule has 0 bridgehead atoms. The average Bonchev–Trinajstić information content (AvgIpc) is 3.13. The van der Waals surface area contributed by atoms with Crippen LogP contribution in [0.25, 0.3) is 11.3 Å². The van der Waals surface area contributed by atoms with Crippen LogP contribution in [0.5, 0.6) is 0 Å². The van der Waals surface area contributed by atoms with Crippen LogP contribution in [-0.2, 0) is 10.3 Å². The van der Waals surface area contributed by atoms with Crippen molar-refractivity contribution in [1.82, 2.24) is 9.97 Å². The highest BCUT2D eigenvalue weighted by atomic mass is 16.5. The first-order valence-electron chi connectivity index (χ1n) is 6.77. The van der Waals surface area contributed by atoms with Crippen molar-refractivity contribution in [2.45, 2.75) is 18.4 Å². The smallest absolute Gasteiger partial charge is 0.177 e. The molecule has 4 rings (SSSR count). The molecule has 21 heavy (non-hydrogen) atoms. The Morgan fingerprint density at radius 1 is 1.10 bits per heavy atom. The van der Waals surface area contributed by atoms with Crippen molar-refractivity contribution < 1.29 is 4.74 Å². The minimum absolute atomic E-state index is 0.0685. The molecule has 1 aliphatic heterocycles. The van der Waals surface area contributed by atoms with E-state index >= 15 is 0 Å². The van der Waals surface area contributed by atoms with E-state index < -0.39 is 5.60 Å². The van der Waals surface area contributed by atoms with E-state index in [0.29, 0.717) is 18.0 Å². The fourth-order valence-corrected chi connectivity index (χ4v) is 3.27. The number of benzene rings is 1. The molecule has 2 aliphatic rings. The number of hydrogen-bond donors (Lipinski definition) is 0. The van der Waals surface area contributed by atoms with E-state index in [2.05, 4.69) is 9.97 Å². The quantitative estimate of drug-likeness (QED) is 0.735. The summed E-state index contributed by atoms with van der Waals surface area (Å²) in [6, 6.07) is 11.8. The van der Waals surface area contributed by atoms with Crippen LogP contribution in [0.2, 0.25) is 0 Å². The Morgan fingerprint density at radius 3 is 2.57 bits per heavy atom. The normalized spacial score (nSPS) is 21.6. The van der Waals surface area contributed by atoms with Crippen molar-refractivity contribution in [3.63, 3.8) is 0 Å². The number of nitrogens with zero attached hydrogens (tertiary/aromatic N) is 4. The summed E-state index contributed by atoms with van der Waals surface area (Å²) >= 11 is 0. The minimum Gasteiger partial charge on any atom is -0.364 e. The molecular weight excluding hydrogens is 264 g/mol. The van der Waals surface area contributed by atoms with Gasteiger partial charge in [0.25, 0.3) is 0 Å². The molecule has 0 radical (unpaired) electrons. The highest BCUT2D eigenvalue weighted by Gasteiger charge is 2.49. The molecule has 5 heteroatoms. The fourth-order valence-electron chi connectivity index (χ4n) is 3.27. The molecule has 0 saturated carbocycles. The molecule has 1 unspecified atom stereocenters. The van der Waals surface area contributed by atoms with E-state index in [4.69, 9.17) is 10.00 Å². The monoisotopic (exact) mass is 274 g/mol. The summed E-state index contributed by atoms with van der Waals surface area (Å²) in [6.07, 6.45) is 1.76. The number of ether oxygens (including phenoxy) is 1.